The number of esters is 1. The quantitative estimate of drug-likeness (QED) is 0.290. The van der Waals surface area contributed by atoms with Gasteiger partial charge in [-0.2, -0.15) is 5.26 Å². The zero-order valence-corrected chi connectivity index (χ0v) is 24.8. The number of nitrogens with one attached hydrogen (secondary N) is 1. The summed E-state index contributed by atoms with van der Waals surface area (Å²) in [6, 6.07) is 17.4. The van der Waals surface area contributed by atoms with Gasteiger partial charge in [-0.05, 0) is 82.7 Å². The molecule has 1 aliphatic rings. The molecule has 4 atom stereocenters. The van der Waals surface area contributed by atoms with Crippen LogP contribution in [0.15, 0.2) is 65.3 Å². The number of rotatable bonds is 6. The second kappa shape index (κ2) is 11.2. The zero-order chi connectivity index (χ0) is 28.5. The lowest BCUT2D eigenvalue weighted by atomic mass is 9.64. The Labute approximate surface area is 242 Å². The Morgan fingerprint density at radius 2 is 1.92 bits per heavy atom. The fourth-order valence-corrected chi connectivity index (χ4v) is 6.05. The Bertz CT molecular complexity index is 1390. The number of ether oxygens (including phenoxy) is 1. The molecular weight excluding hydrogens is 583 g/mol. The highest BCUT2D eigenvalue weighted by atomic mass is 79.9. The van der Waals surface area contributed by atoms with Gasteiger partial charge < -0.3 is 10.2 Å². The Morgan fingerprint density at radius 1 is 1.23 bits per heavy atom. The van der Waals surface area contributed by atoms with Crippen LogP contribution in [-0.4, -0.2) is 35.2 Å². The van der Waals surface area contributed by atoms with Gasteiger partial charge in [0.15, 0.2) is 0 Å². The lowest BCUT2D eigenvalue weighted by Crippen LogP contribution is -2.48. The number of halogens is 3. The van der Waals surface area contributed by atoms with Gasteiger partial charge in [0.05, 0.1) is 35.5 Å². The minimum Gasteiger partial charge on any atom is -0.465 e. The highest BCUT2D eigenvalue weighted by Crippen LogP contribution is 2.55. The average molecular weight is 614 g/mol. The SMILES string of the molecule is COC(=O)c1ccc(NN2[C@H](C)[C@H](c3cccc(Cl)c3F)[C@@](C#N)(c3ccc(Br)cn3)[C@@H]2CC(C)(C)C)cc1. The molecule has 9 heteroatoms. The number of anilines is 1. The van der Waals surface area contributed by atoms with Crippen LogP contribution in [-0.2, 0) is 10.2 Å². The standard InChI is InChI=1S/C30H31BrClFN4O2/c1-18-26(22-7-6-8-23(32)27(22)33)30(17-34,24-14-11-20(31)16-35-24)25(15-29(2,3)4)37(18)36-21-12-9-19(10-13-21)28(38)39-5/h6-14,16,18,25-26,36H,15H2,1-5H3/t18-,25+,26-,30+/m1/s1. The number of benzene rings is 2. The average Bonchev–Trinajstić information content (AvgIpc) is 3.12. The molecular formula is C30H31BrClFN4O2. The van der Waals surface area contributed by atoms with E-state index in [1.54, 1.807) is 42.6 Å². The van der Waals surface area contributed by atoms with Crippen LogP contribution in [0.3, 0.4) is 0 Å². The topological polar surface area (TPSA) is 78.2 Å². The Morgan fingerprint density at radius 3 is 2.49 bits per heavy atom. The summed E-state index contributed by atoms with van der Waals surface area (Å²) in [4.78, 5) is 16.6. The lowest BCUT2D eigenvalue weighted by molar-refractivity contribution is 0.0600. The molecule has 1 saturated heterocycles. The maximum Gasteiger partial charge on any atom is 0.337 e. The van der Waals surface area contributed by atoms with Crippen LogP contribution in [0.2, 0.25) is 5.02 Å². The third-order valence-corrected chi connectivity index (χ3v) is 8.06. The molecule has 204 valence electrons. The van der Waals surface area contributed by atoms with Crippen molar-refractivity contribution in [2.45, 2.75) is 57.5 Å². The van der Waals surface area contributed by atoms with Crippen molar-refractivity contribution in [1.82, 2.24) is 9.99 Å². The number of hydrazine groups is 1. The Kier molecular flexibility index (Phi) is 8.36. The molecule has 2 aromatic carbocycles. The van der Waals surface area contributed by atoms with Crippen molar-refractivity contribution >= 4 is 39.2 Å². The molecule has 0 bridgehead atoms. The van der Waals surface area contributed by atoms with E-state index in [-0.39, 0.29) is 16.5 Å². The molecule has 0 radical (unpaired) electrons. The number of carbonyl (C=O) groups is 1. The van der Waals surface area contributed by atoms with Gasteiger partial charge in [0.2, 0.25) is 0 Å². The van der Waals surface area contributed by atoms with Crippen LogP contribution < -0.4 is 5.43 Å². The van der Waals surface area contributed by atoms with Crippen LogP contribution in [0.25, 0.3) is 0 Å². The second-order valence-corrected chi connectivity index (χ2v) is 12.4. The van der Waals surface area contributed by atoms with Crippen molar-refractivity contribution in [3.63, 3.8) is 0 Å². The van der Waals surface area contributed by atoms with Crippen LogP contribution >= 0.6 is 27.5 Å². The molecule has 1 fully saturated rings. The monoisotopic (exact) mass is 612 g/mol. The summed E-state index contributed by atoms with van der Waals surface area (Å²) >= 11 is 9.71. The van der Waals surface area contributed by atoms with Gasteiger partial charge in [0.1, 0.15) is 11.2 Å². The minimum absolute atomic E-state index is 0.00693. The zero-order valence-electron chi connectivity index (χ0n) is 22.5. The normalized spacial score (nSPS) is 23.3. The van der Waals surface area contributed by atoms with E-state index in [0.29, 0.717) is 23.2 Å². The molecule has 4 rings (SSSR count). The van der Waals surface area contributed by atoms with Gasteiger partial charge in [-0.15, -0.1) is 0 Å². The summed E-state index contributed by atoms with van der Waals surface area (Å²) < 4.78 is 21.3. The van der Waals surface area contributed by atoms with Crippen molar-refractivity contribution in [1.29, 1.82) is 5.26 Å². The maximum absolute atomic E-state index is 15.7. The first-order chi connectivity index (χ1) is 18.4. The first-order valence-corrected chi connectivity index (χ1v) is 13.8. The predicted octanol–water partition coefficient (Wildman–Crippen LogP) is 7.50. The molecule has 0 spiro atoms. The van der Waals surface area contributed by atoms with E-state index in [2.05, 4.69) is 48.2 Å². The number of hydrogen-bond acceptors (Lipinski definition) is 6. The highest BCUT2D eigenvalue weighted by molar-refractivity contribution is 9.10. The molecule has 1 aliphatic heterocycles. The van der Waals surface area contributed by atoms with E-state index in [4.69, 9.17) is 21.3 Å². The third-order valence-electron chi connectivity index (χ3n) is 7.30. The van der Waals surface area contributed by atoms with Gasteiger partial charge in [0, 0.05) is 28.3 Å². The van der Waals surface area contributed by atoms with Crippen molar-refractivity contribution in [3.8, 4) is 6.07 Å². The van der Waals surface area contributed by atoms with Gasteiger partial charge in [-0.25, -0.2) is 14.2 Å². The summed E-state index contributed by atoms with van der Waals surface area (Å²) in [5.74, 6) is -1.57. The van der Waals surface area contributed by atoms with Gasteiger partial charge in [-0.1, -0.05) is 44.5 Å². The summed E-state index contributed by atoms with van der Waals surface area (Å²) in [7, 11) is 1.34. The molecule has 0 saturated carbocycles. The summed E-state index contributed by atoms with van der Waals surface area (Å²) in [5.41, 5.74) is 4.15. The number of methoxy groups -OCH3 is 1. The van der Waals surface area contributed by atoms with E-state index < -0.39 is 29.2 Å². The molecule has 6 nitrogen and oxygen atoms in total. The van der Waals surface area contributed by atoms with Crippen molar-refractivity contribution in [2.75, 3.05) is 12.5 Å². The fourth-order valence-electron chi connectivity index (χ4n) is 5.64. The van der Waals surface area contributed by atoms with Gasteiger partial charge in [-0.3, -0.25) is 4.98 Å². The molecule has 0 aliphatic carbocycles. The number of nitrogens with zero attached hydrogens (tertiary/aromatic N) is 3. The van der Waals surface area contributed by atoms with E-state index in [1.807, 2.05) is 24.1 Å². The molecule has 1 N–H and O–H groups in total. The smallest absolute Gasteiger partial charge is 0.337 e. The fraction of sp³-hybridized carbons (Fsp3) is 0.367. The van der Waals surface area contributed by atoms with Crippen molar-refractivity contribution in [2.24, 2.45) is 5.41 Å². The summed E-state index contributed by atoms with van der Waals surface area (Å²) in [5, 5.41) is 13.1. The predicted molar refractivity (Wildman–Crippen MR) is 154 cm³/mol. The third kappa shape index (κ3) is 5.54. The molecule has 2 heterocycles. The Hall–Kier alpha value is -2.99. The lowest BCUT2D eigenvalue weighted by Gasteiger charge is -2.39. The number of nitriles is 1. The van der Waals surface area contributed by atoms with Gasteiger partial charge in [0.25, 0.3) is 0 Å². The molecule has 1 aromatic heterocycles. The maximum atomic E-state index is 15.7. The highest BCUT2D eigenvalue weighted by Gasteiger charge is 2.62. The van der Waals surface area contributed by atoms with E-state index >= 15 is 4.39 Å². The van der Waals surface area contributed by atoms with Gasteiger partial charge >= 0.3 is 5.97 Å². The first-order valence-electron chi connectivity index (χ1n) is 12.6. The minimum atomic E-state index is -1.22. The molecule has 0 amide bonds. The van der Waals surface area contributed by atoms with Crippen molar-refractivity contribution < 1.29 is 13.9 Å². The van der Waals surface area contributed by atoms with Crippen molar-refractivity contribution in [3.05, 3.63) is 92.9 Å². The largest absolute Gasteiger partial charge is 0.465 e. The summed E-state index contributed by atoms with van der Waals surface area (Å²) in [6.45, 7) is 8.33. The number of pyridine rings is 1. The van der Waals surface area contributed by atoms with E-state index in [0.717, 1.165) is 10.2 Å². The molecule has 39 heavy (non-hydrogen) atoms. The molecule has 0 unspecified atom stereocenters. The molecule has 3 aromatic rings. The van der Waals surface area contributed by atoms with Crippen LogP contribution in [0.1, 0.15) is 61.6 Å². The van der Waals surface area contributed by atoms with E-state index in [1.165, 1.54) is 13.2 Å². The van der Waals surface area contributed by atoms with Crippen LogP contribution in [0.4, 0.5) is 10.1 Å². The van der Waals surface area contributed by atoms with E-state index in [9.17, 15) is 10.1 Å². The summed E-state index contributed by atoms with van der Waals surface area (Å²) in [6.07, 6.45) is 2.27. The van der Waals surface area contributed by atoms with Crippen LogP contribution in [0, 0.1) is 22.6 Å². The number of hydrogen-bond donors (Lipinski definition) is 1. The Balaban J connectivity index is 1.92. The number of aromatic nitrogens is 1. The van der Waals surface area contributed by atoms with Crippen LogP contribution in [0.5, 0.6) is 0 Å². The first kappa shape index (κ1) is 29.0. The second-order valence-electron chi connectivity index (χ2n) is 11.1. The number of carbonyl (C=O) groups excluding carboxylic acids is 1.